The molecule has 1 atom stereocenters. The van der Waals surface area contributed by atoms with Gasteiger partial charge in [-0.2, -0.15) is 5.10 Å². The number of aromatic nitrogens is 2. The lowest BCUT2D eigenvalue weighted by atomic mass is 10.2. The van der Waals surface area contributed by atoms with E-state index in [0.717, 1.165) is 18.8 Å². The van der Waals surface area contributed by atoms with Crippen LogP contribution in [0.15, 0.2) is 15.5 Å². The van der Waals surface area contributed by atoms with Gasteiger partial charge in [0.25, 0.3) is 5.56 Å². The molecule has 0 spiro atoms. The maximum absolute atomic E-state index is 11.6. The minimum absolute atomic E-state index is 0.133. The number of anilines is 1. The number of nitrogens with one attached hydrogen (secondary N) is 2. The van der Waals surface area contributed by atoms with Gasteiger partial charge in [-0.05, 0) is 35.4 Å². The molecule has 0 amide bonds. The van der Waals surface area contributed by atoms with Crippen molar-refractivity contribution in [3.05, 3.63) is 21.0 Å². The first-order chi connectivity index (χ1) is 7.56. The van der Waals surface area contributed by atoms with E-state index in [1.54, 1.807) is 13.2 Å². The fourth-order valence-electron chi connectivity index (χ4n) is 1.34. The number of rotatable bonds is 5. The molecule has 0 fully saturated rings. The molecule has 0 saturated carbocycles. The molecule has 0 aliphatic heterocycles. The van der Waals surface area contributed by atoms with Gasteiger partial charge in [-0.1, -0.05) is 6.92 Å². The number of aryl methyl sites for hydroxylation is 1. The third kappa shape index (κ3) is 3.31. The molecule has 5 nitrogen and oxygen atoms in total. The van der Waals surface area contributed by atoms with E-state index in [1.165, 1.54) is 4.68 Å². The molecule has 0 radical (unpaired) electrons. The summed E-state index contributed by atoms with van der Waals surface area (Å²) in [5.41, 5.74) is 0.609. The third-order valence-corrected chi connectivity index (χ3v) is 3.04. The Bertz CT molecular complexity index is 404. The number of hydrogen-bond donors (Lipinski definition) is 2. The first-order valence-corrected chi connectivity index (χ1v) is 5.95. The standard InChI is InChI=1S/C10H17BrN4O/c1-7(4-12-2)5-13-8-6-14-15(3)10(16)9(8)11/h6-7,12-13H,4-5H2,1-3H3. The molecule has 1 aromatic heterocycles. The topological polar surface area (TPSA) is 59.0 Å². The van der Waals surface area contributed by atoms with Gasteiger partial charge in [0, 0.05) is 13.6 Å². The van der Waals surface area contributed by atoms with Gasteiger partial charge in [0.2, 0.25) is 0 Å². The summed E-state index contributed by atoms with van der Waals surface area (Å²) in [5.74, 6) is 0.487. The largest absolute Gasteiger partial charge is 0.382 e. The quantitative estimate of drug-likeness (QED) is 0.842. The van der Waals surface area contributed by atoms with Crippen LogP contribution in [0.2, 0.25) is 0 Å². The van der Waals surface area contributed by atoms with Crippen molar-refractivity contribution in [2.75, 3.05) is 25.5 Å². The molecular weight excluding hydrogens is 272 g/mol. The third-order valence-electron chi connectivity index (χ3n) is 2.27. The Morgan fingerprint density at radius 3 is 2.88 bits per heavy atom. The minimum Gasteiger partial charge on any atom is -0.382 e. The van der Waals surface area contributed by atoms with E-state index in [-0.39, 0.29) is 5.56 Å². The average Bonchev–Trinajstić information content (AvgIpc) is 2.25. The van der Waals surface area contributed by atoms with Gasteiger partial charge < -0.3 is 10.6 Å². The minimum atomic E-state index is -0.133. The Labute approximate surface area is 103 Å². The fourth-order valence-corrected chi connectivity index (χ4v) is 1.84. The predicted octanol–water partition coefficient (Wildman–Crippen LogP) is 0.810. The summed E-state index contributed by atoms with van der Waals surface area (Å²) in [7, 11) is 3.55. The van der Waals surface area contributed by atoms with Crippen LogP contribution in [0.25, 0.3) is 0 Å². The van der Waals surface area contributed by atoms with Crippen LogP contribution in [0.4, 0.5) is 5.69 Å². The van der Waals surface area contributed by atoms with Crippen LogP contribution in [-0.2, 0) is 7.05 Å². The molecule has 90 valence electrons. The maximum atomic E-state index is 11.6. The summed E-state index contributed by atoms with van der Waals surface area (Å²) in [4.78, 5) is 11.6. The van der Waals surface area contributed by atoms with Crippen molar-refractivity contribution in [1.29, 1.82) is 0 Å². The van der Waals surface area contributed by atoms with E-state index >= 15 is 0 Å². The van der Waals surface area contributed by atoms with Crippen molar-refractivity contribution in [2.45, 2.75) is 6.92 Å². The van der Waals surface area contributed by atoms with Gasteiger partial charge in [-0.25, -0.2) is 4.68 Å². The summed E-state index contributed by atoms with van der Waals surface area (Å²) >= 11 is 3.27. The first kappa shape index (κ1) is 13.2. The molecule has 16 heavy (non-hydrogen) atoms. The monoisotopic (exact) mass is 288 g/mol. The molecule has 0 aliphatic rings. The molecule has 1 unspecified atom stereocenters. The molecule has 0 bridgehead atoms. The van der Waals surface area contributed by atoms with Gasteiger partial charge in [0.1, 0.15) is 4.47 Å². The highest BCUT2D eigenvalue weighted by Gasteiger charge is 2.07. The Hall–Kier alpha value is -0.880. The van der Waals surface area contributed by atoms with Crippen molar-refractivity contribution >= 4 is 21.6 Å². The Balaban J connectivity index is 2.68. The molecule has 1 heterocycles. The van der Waals surface area contributed by atoms with Crippen molar-refractivity contribution in [3.8, 4) is 0 Å². The summed E-state index contributed by atoms with van der Waals surface area (Å²) in [5, 5.41) is 10.3. The fraction of sp³-hybridized carbons (Fsp3) is 0.600. The van der Waals surface area contributed by atoms with Gasteiger partial charge >= 0.3 is 0 Å². The SMILES string of the molecule is CNCC(C)CNc1cnn(C)c(=O)c1Br. The summed E-state index contributed by atoms with van der Waals surface area (Å²) in [6.07, 6.45) is 1.65. The van der Waals surface area contributed by atoms with Crippen LogP contribution >= 0.6 is 15.9 Å². The number of hydrogen-bond acceptors (Lipinski definition) is 4. The van der Waals surface area contributed by atoms with Crippen LogP contribution < -0.4 is 16.2 Å². The Kier molecular flexibility index (Phi) is 4.95. The average molecular weight is 289 g/mol. The smallest absolute Gasteiger partial charge is 0.282 e. The van der Waals surface area contributed by atoms with Crippen LogP contribution in [-0.4, -0.2) is 29.9 Å². The molecule has 1 aromatic rings. The van der Waals surface area contributed by atoms with E-state index in [0.29, 0.717) is 10.4 Å². The van der Waals surface area contributed by atoms with Crippen LogP contribution in [0, 0.1) is 5.92 Å². The zero-order valence-electron chi connectivity index (χ0n) is 9.75. The highest BCUT2D eigenvalue weighted by Crippen LogP contribution is 2.15. The van der Waals surface area contributed by atoms with Crippen molar-refractivity contribution in [3.63, 3.8) is 0 Å². The second-order valence-corrected chi connectivity index (χ2v) is 4.64. The summed E-state index contributed by atoms with van der Waals surface area (Å²) in [6, 6.07) is 0. The van der Waals surface area contributed by atoms with Crippen LogP contribution in [0.5, 0.6) is 0 Å². The lowest BCUT2D eigenvalue weighted by molar-refractivity contribution is 0.569. The van der Waals surface area contributed by atoms with E-state index < -0.39 is 0 Å². The van der Waals surface area contributed by atoms with Crippen molar-refractivity contribution in [1.82, 2.24) is 15.1 Å². The molecule has 1 rings (SSSR count). The predicted molar refractivity (Wildman–Crippen MR) is 68.8 cm³/mol. The molecule has 0 aliphatic carbocycles. The van der Waals surface area contributed by atoms with Gasteiger partial charge in [-0.15, -0.1) is 0 Å². The highest BCUT2D eigenvalue weighted by atomic mass is 79.9. The number of nitrogens with zero attached hydrogens (tertiary/aromatic N) is 2. The zero-order valence-corrected chi connectivity index (χ0v) is 11.3. The Morgan fingerprint density at radius 2 is 2.25 bits per heavy atom. The second kappa shape index (κ2) is 6.00. The normalized spacial score (nSPS) is 12.5. The molecule has 2 N–H and O–H groups in total. The van der Waals surface area contributed by atoms with Crippen LogP contribution in [0.1, 0.15) is 6.92 Å². The van der Waals surface area contributed by atoms with Crippen LogP contribution in [0.3, 0.4) is 0 Å². The molecule has 6 heteroatoms. The molecular formula is C10H17BrN4O. The highest BCUT2D eigenvalue weighted by molar-refractivity contribution is 9.10. The van der Waals surface area contributed by atoms with E-state index in [1.807, 2.05) is 7.05 Å². The van der Waals surface area contributed by atoms with E-state index in [4.69, 9.17) is 0 Å². The van der Waals surface area contributed by atoms with Crippen molar-refractivity contribution in [2.24, 2.45) is 13.0 Å². The summed E-state index contributed by atoms with van der Waals surface area (Å²) < 4.78 is 1.83. The van der Waals surface area contributed by atoms with Crippen molar-refractivity contribution < 1.29 is 0 Å². The lowest BCUT2D eigenvalue weighted by Gasteiger charge is -2.13. The van der Waals surface area contributed by atoms with E-state index in [2.05, 4.69) is 38.6 Å². The zero-order chi connectivity index (χ0) is 12.1. The Morgan fingerprint density at radius 1 is 1.56 bits per heavy atom. The summed E-state index contributed by atoms with van der Waals surface area (Å²) in [6.45, 7) is 3.86. The van der Waals surface area contributed by atoms with Gasteiger partial charge in [-0.3, -0.25) is 4.79 Å². The first-order valence-electron chi connectivity index (χ1n) is 5.16. The molecule has 0 aromatic carbocycles. The molecule has 0 saturated heterocycles. The van der Waals surface area contributed by atoms with Gasteiger partial charge in [0.05, 0.1) is 11.9 Å². The second-order valence-electron chi connectivity index (χ2n) is 3.84. The van der Waals surface area contributed by atoms with Gasteiger partial charge in [0.15, 0.2) is 0 Å². The maximum Gasteiger partial charge on any atom is 0.282 e. The number of halogens is 1. The van der Waals surface area contributed by atoms with E-state index in [9.17, 15) is 4.79 Å². The lowest BCUT2D eigenvalue weighted by Crippen LogP contribution is -2.25.